The zero-order valence-electron chi connectivity index (χ0n) is 8.90. The zero-order chi connectivity index (χ0) is 11.4. The minimum Gasteiger partial charge on any atom is -0.334 e. The molecule has 2 rings (SSSR count). The molecule has 0 atom stereocenters. The smallest absolute Gasteiger partial charge is 0.258 e. The highest BCUT2D eigenvalue weighted by molar-refractivity contribution is 9.10. The Balaban J connectivity index is 2.18. The molecule has 0 saturated heterocycles. The van der Waals surface area contributed by atoms with Crippen LogP contribution in [0.5, 0.6) is 0 Å². The molecule has 0 saturated carbocycles. The van der Waals surface area contributed by atoms with Crippen molar-refractivity contribution in [2.24, 2.45) is 0 Å². The van der Waals surface area contributed by atoms with Gasteiger partial charge in [-0.3, -0.25) is 0 Å². The number of nitrogens with one attached hydrogen (secondary N) is 1. The Morgan fingerprint density at radius 2 is 2.31 bits per heavy atom. The molecule has 5 heteroatoms. The van der Waals surface area contributed by atoms with Crippen LogP contribution in [0.4, 0.5) is 0 Å². The van der Waals surface area contributed by atoms with E-state index in [-0.39, 0.29) is 0 Å². The second-order valence-electron chi connectivity index (χ2n) is 3.31. The van der Waals surface area contributed by atoms with E-state index in [2.05, 4.69) is 31.4 Å². The van der Waals surface area contributed by atoms with Gasteiger partial charge in [0.25, 0.3) is 5.89 Å². The Kier molecular flexibility index (Phi) is 3.69. The van der Waals surface area contributed by atoms with Gasteiger partial charge in [0.1, 0.15) is 0 Å². The number of halogens is 1. The van der Waals surface area contributed by atoms with Crippen LogP contribution in [0.25, 0.3) is 11.5 Å². The average molecular weight is 282 g/mol. The average Bonchev–Trinajstić information content (AvgIpc) is 2.75. The van der Waals surface area contributed by atoms with Crippen molar-refractivity contribution in [3.8, 4) is 11.5 Å². The van der Waals surface area contributed by atoms with Crippen LogP contribution < -0.4 is 5.32 Å². The van der Waals surface area contributed by atoms with Crippen molar-refractivity contribution in [3.05, 3.63) is 34.6 Å². The third kappa shape index (κ3) is 2.68. The fourth-order valence-corrected chi connectivity index (χ4v) is 1.70. The second kappa shape index (κ2) is 5.23. The Labute approximate surface area is 102 Å². The first-order chi connectivity index (χ1) is 7.79. The van der Waals surface area contributed by atoms with E-state index in [0.717, 1.165) is 16.6 Å². The Hall–Kier alpha value is -1.20. The molecule has 0 bridgehead atoms. The lowest BCUT2D eigenvalue weighted by Gasteiger charge is -1.94. The van der Waals surface area contributed by atoms with Crippen LogP contribution in [0.1, 0.15) is 12.7 Å². The lowest BCUT2D eigenvalue weighted by atomic mass is 10.2. The summed E-state index contributed by atoms with van der Waals surface area (Å²) < 4.78 is 6.18. The van der Waals surface area contributed by atoms with Crippen molar-refractivity contribution >= 4 is 15.9 Å². The highest BCUT2D eigenvalue weighted by Gasteiger charge is 2.08. The van der Waals surface area contributed by atoms with Gasteiger partial charge in [-0.1, -0.05) is 34.1 Å². The van der Waals surface area contributed by atoms with E-state index in [0.29, 0.717) is 18.3 Å². The van der Waals surface area contributed by atoms with Crippen LogP contribution in [0.2, 0.25) is 0 Å². The molecule has 0 amide bonds. The topological polar surface area (TPSA) is 51.0 Å². The lowest BCUT2D eigenvalue weighted by Crippen LogP contribution is -2.12. The molecule has 84 valence electrons. The molecule has 0 fully saturated rings. The van der Waals surface area contributed by atoms with Crippen LogP contribution in [0.15, 0.2) is 33.3 Å². The SMILES string of the molecule is CCNCc1noc(-c2cccc(Br)c2)n1. The quantitative estimate of drug-likeness (QED) is 0.936. The van der Waals surface area contributed by atoms with Crippen molar-refractivity contribution in [3.63, 3.8) is 0 Å². The summed E-state index contributed by atoms with van der Waals surface area (Å²) in [5, 5.41) is 7.04. The molecule has 2 aromatic rings. The van der Waals surface area contributed by atoms with E-state index in [4.69, 9.17) is 4.52 Å². The van der Waals surface area contributed by atoms with Crippen molar-refractivity contribution in [1.29, 1.82) is 0 Å². The number of hydrogen-bond acceptors (Lipinski definition) is 4. The summed E-state index contributed by atoms with van der Waals surface area (Å²) in [6, 6.07) is 7.78. The second-order valence-corrected chi connectivity index (χ2v) is 4.22. The molecule has 0 radical (unpaired) electrons. The minimum atomic E-state index is 0.550. The molecule has 4 nitrogen and oxygen atoms in total. The van der Waals surface area contributed by atoms with E-state index >= 15 is 0 Å². The van der Waals surface area contributed by atoms with Gasteiger partial charge in [0.2, 0.25) is 0 Å². The van der Waals surface area contributed by atoms with Crippen molar-refractivity contribution in [2.45, 2.75) is 13.5 Å². The third-order valence-electron chi connectivity index (χ3n) is 2.07. The van der Waals surface area contributed by atoms with E-state index in [1.165, 1.54) is 0 Å². The van der Waals surface area contributed by atoms with E-state index in [9.17, 15) is 0 Å². The fraction of sp³-hybridized carbons (Fsp3) is 0.273. The zero-order valence-corrected chi connectivity index (χ0v) is 10.5. The highest BCUT2D eigenvalue weighted by Crippen LogP contribution is 2.21. The monoisotopic (exact) mass is 281 g/mol. The molecule has 1 heterocycles. The normalized spacial score (nSPS) is 10.6. The largest absolute Gasteiger partial charge is 0.334 e. The number of nitrogens with zero attached hydrogens (tertiary/aromatic N) is 2. The van der Waals surface area contributed by atoms with Gasteiger partial charge < -0.3 is 9.84 Å². The van der Waals surface area contributed by atoms with Gasteiger partial charge in [-0.25, -0.2) is 0 Å². The Morgan fingerprint density at radius 3 is 3.06 bits per heavy atom. The van der Waals surface area contributed by atoms with Gasteiger partial charge in [0.05, 0.1) is 6.54 Å². The first kappa shape index (κ1) is 11.3. The number of aromatic nitrogens is 2. The van der Waals surface area contributed by atoms with E-state index in [1.807, 2.05) is 31.2 Å². The molecule has 0 spiro atoms. The number of rotatable bonds is 4. The van der Waals surface area contributed by atoms with Crippen molar-refractivity contribution in [2.75, 3.05) is 6.54 Å². The summed E-state index contributed by atoms with van der Waals surface area (Å²) in [7, 11) is 0. The predicted molar refractivity (Wildman–Crippen MR) is 64.8 cm³/mol. The fourth-order valence-electron chi connectivity index (χ4n) is 1.30. The summed E-state index contributed by atoms with van der Waals surface area (Å²) in [5.41, 5.74) is 0.921. The molecular formula is C11H12BrN3O. The maximum absolute atomic E-state index is 5.18. The summed E-state index contributed by atoms with van der Waals surface area (Å²) >= 11 is 3.41. The van der Waals surface area contributed by atoms with Gasteiger partial charge in [-0.2, -0.15) is 4.98 Å². The van der Waals surface area contributed by atoms with Gasteiger partial charge in [-0.15, -0.1) is 0 Å². The lowest BCUT2D eigenvalue weighted by molar-refractivity contribution is 0.420. The van der Waals surface area contributed by atoms with Gasteiger partial charge >= 0.3 is 0 Å². The van der Waals surface area contributed by atoms with Crippen LogP contribution in [-0.4, -0.2) is 16.7 Å². The van der Waals surface area contributed by atoms with E-state index in [1.54, 1.807) is 0 Å². The minimum absolute atomic E-state index is 0.550. The van der Waals surface area contributed by atoms with E-state index < -0.39 is 0 Å². The van der Waals surface area contributed by atoms with Crippen LogP contribution in [0.3, 0.4) is 0 Å². The molecule has 0 aliphatic rings. The summed E-state index contributed by atoms with van der Waals surface area (Å²) in [4.78, 5) is 4.30. The maximum atomic E-state index is 5.18. The van der Waals surface area contributed by atoms with Crippen molar-refractivity contribution in [1.82, 2.24) is 15.5 Å². The predicted octanol–water partition coefficient (Wildman–Crippen LogP) is 2.61. The molecule has 0 aliphatic heterocycles. The molecule has 1 aromatic carbocycles. The van der Waals surface area contributed by atoms with Gasteiger partial charge in [0, 0.05) is 10.0 Å². The number of benzene rings is 1. The standard InChI is InChI=1S/C11H12BrN3O/c1-2-13-7-10-14-11(16-15-10)8-4-3-5-9(12)6-8/h3-6,13H,2,7H2,1H3. The summed E-state index contributed by atoms with van der Waals surface area (Å²) in [5.74, 6) is 1.23. The Bertz CT molecular complexity index is 470. The molecule has 0 unspecified atom stereocenters. The first-order valence-electron chi connectivity index (χ1n) is 5.09. The first-order valence-corrected chi connectivity index (χ1v) is 5.88. The summed E-state index contributed by atoms with van der Waals surface area (Å²) in [6.45, 7) is 3.56. The van der Waals surface area contributed by atoms with Crippen LogP contribution in [0, 0.1) is 0 Å². The van der Waals surface area contributed by atoms with Gasteiger partial charge in [0.15, 0.2) is 5.82 Å². The maximum Gasteiger partial charge on any atom is 0.258 e. The highest BCUT2D eigenvalue weighted by atomic mass is 79.9. The van der Waals surface area contributed by atoms with Crippen LogP contribution in [-0.2, 0) is 6.54 Å². The molecular weight excluding hydrogens is 270 g/mol. The summed E-state index contributed by atoms with van der Waals surface area (Å²) in [6.07, 6.45) is 0. The number of hydrogen-bond donors (Lipinski definition) is 1. The third-order valence-corrected chi connectivity index (χ3v) is 2.57. The Morgan fingerprint density at radius 1 is 1.44 bits per heavy atom. The van der Waals surface area contributed by atoms with Crippen LogP contribution >= 0.6 is 15.9 Å². The molecule has 1 aromatic heterocycles. The van der Waals surface area contributed by atoms with Gasteiger partial charge in [-0.05, 0) is 24.7 Å². The molecule has 16 heavy (non-hydrogen) atoms. The molecule has 0 aliphatic carbocycles. The molecule has 1 N–H and O–H groups in total. The van der Waals surface area contributed by atoms with Crippen molar-refractivity contribution < 1.29 is 4.52 Å².